The van der Waals surface area contributed by atoms with Crippen molar-refractivity contribution in [2.75, 3.05) is 46.1 Å². The van der Waals surface area contributed by atoms with Gasteiger partial charge in [-0.25, -0.2) is 0 Å². The average Bonchev–Trinajstić information content (AvgIpc) is 2.46. The van der Waals surface area contributed by atoms with E-state index in [1.807, 2.05) is 6.07 Å². The van der Waals surface area contributed by atoms with Crippen LogP contribution in [0.3, 0.4) is 0 Å². The van der Waals surface area contributed by atoms with Crippen molar-refractivity contribution in [2.24, 2.45) is 0 Å². The molecule has 4 nitrogen and oxygen atoms in total. The second-order valence-corrected chi connectivity index (χ2v) is 4.68. The minimum atomic E-state index is 0.653. The molecule has 98 valence electrons. The Morgan fingerprint density at radius 1 is 0.944 bits per heavy atom. The molecule has 0 spiro atoms. The van der Waals surface area contributed by atoms with Gasteiger partial charge in [0, 0.05) is 19.6 Å². The van der Waals surface area contributed by atoms with Crippen LogP contribution in [0.5, 0.6) is 11.5 Å². The first kappa shape index (κ1) is 11.8. The first-order valence-electron chi connectivity index (χ1n) is 6.60. The van der Waals surface area contributed by atoms with E-state index < -0.39 is 0 Å². The molecular formula is C14H19NO3. The summed E-state index contributed by atoms with van der Waals surface area (Å²) in [6.45, 7) is 6.21. The maximum Gasteiger partial charge on any atom is 0.161 e. The zero-order valence-corrected chi connectivity index (χ0v) is 10.6. The molecular weight excluding hydrogens is 230 g/mol. The number of hydrogen-bond donors (Lipinski definition) is 0. The summed E-state index contributed by atoms with van der Waals surface area (Å²) >= 11 is 0. The van der Waals surface area contributed by atoms with Gasteiger partial charge in [-0.05, 0) is 24.1 Å². The largest absolute Gasteiger partial charge is 0.486 e. The molecule has 2 heterocycles. The lowest BCUT2D eigenvalue weighted by Crippen LogP contribution is -2.37. The van der Waals surface area contributed by atoms with Crippen LogP contribution in [-0.4, -0.2) is 51.0 Å². The van der Waals surface area contributed by atoms with Gasteiger partial charge in [0.15, 0.2) is 11.5 Å². The number of ether oxygens (including phenoxy) is 3. The Morgan fingerprint density at radius 3 is 2.56 bits per heavy atom. The summed E-state index contributed by atoms with van der Waals surface area (Å²) in [6, 6.07) is 6.26. The fourth-order valence-electron chi connectivity index (χ4n) is 2.36. The lowest BCUT2D eigenvalue weighted by molar-refractivity contribution is 0.0384. The molecule has 0 saturated carbocycles. The molecule has 0 aromatic heterocycles. The van der Waals surface area contributed by atoms with Gasteiger partial charge < -0.3 is 14.2 Å². The number of benzene rings is 1. The van der Waals surface area contributed by atoms with Gasteiger partial charge in [-0.3, -0.25) is 4.90 Å². The summed E-state index contributed by atoms with van der Waals surface area (Å²) in [5, 5.41) is 0. The zero-order chi connectivity index (χ0) is 12.2. The van der Waals surface area contributed by atoms with E-state index >= 15 is 0 Å². The lowest BCUT2D eigenvalue weighted by Gasteiger charge is -2.26. The SMILES string of the molecule is c1cc2c(cc1CCN1CCOCC1)OCCO2. The van der Waals surface area contributed by atoms with Crippen molar-refractivity contribution in [1.29, 1.82) is 0 Å². The summed E-state index contributed by atoms with van der Waals surface area (Å²) < 4.78 is 16.5. The Morgan fingerprint density at radius 2 is 1.72 bits per heavy atom. The summed E-state index contributed by atoms with van der Waals surface area (Å²) in [6.07, 6.45) is 1.05. The number of fused-ring (bicyclic) bond motifs is 1. The van der Waals surface area contributed by atoms with Gasteiger partial charge in [-0.2, -0.15) is 0 Å². The Hall–Kier alpha value is -1.26. The smallest absolute Gasteiger partial charge is 0.161 e. The van der Waals surface area contributed by atoms with Gasteiger partial charge in [0.1, 0.15) is 13.2 Å². The van der Waals surface area contributed by atoms with E-state index in [-0.39, 0.29) is 0 Å². The van der Waals surface area contributed by atoms with Crippen LogP contribution in [0.25, 0.3) is 0 Å². The maximum atomic E-state index is 5.60. The third-order valence-electron chi connectivity index (χ3n) is 3.43. The molecule has 18 heavy (non-hydrogen) atoms. The van der Waals surface area contributed by atoms with Gasteiger partial charge in [0.25, 0.3) is 0 Å². The van der Waals surface area contributed by atoms with E-state index in [0.29, 0.717) is 13.2 Å². The third kappa shape index (κ3) is 2.76. The molecule has 0 bridgehead atoms. The highest BCUT2D eigenvalue weighted by Gasteiger charge is 2.13. The van der Waals surface area contributed by atoms with Crippen LogP contribution in [0, 0.1) is 0 Å². The molecule has 3 rings (SSSR count). The third-order valence-corrected chi connectivity index (χ3v) is 3.43. The van der Waals surface area contributed by atoms with E-state index in [0.717, 1.165) is 50.8 Å². The molecule has 2 aliphatic heterocycles. The van der Waals surface area contributed by atoms with Crippen LogP contribution in [0.1, 0.15) is 5.56 Å². The van der Waals surface area contributed by atoms with Crippen LogP contribution in [0.15, 0.2) is 18.2 Å². The van der Waals surface area contributed by atoms with E-state index in [2.05, 4.69) is 17.0 Å². The summed E-state index contributed by atoms with van der Waals surface area (Å²) in [5.41, 5.74) is 1.31. The van der Waals surface area contributed by atoms with Crippen LogP contribution in [0.4, 0.5) is 0 Å². The quantitative estimate of drug-likeness (QED) is 0.808. The van der Waals surface area contributed by atoms with E-state index in [4.69, 9.17) is 14.2 Å². The van der Waals surface area contributed by atoms with Crippen molar-refractivity contribution in [3.05, 3.63) is 23.8 Å². The van der Waals surface area contributed by atoms with Gasteiger partial charge >= 0.3 is 0 Å². The molecule has 1 aromatic rings. The van der Waals surface area contributed by atoms with Crippen LogP contribution >= 0.6 is 0 Å². The van der Waals surface area contributed by atoms with Crippen molar-refractivity contribution < 1.29 is 14.2 Å². The lowest BCUT2D eigenvalue weighted by atomic mass is 10.1. The summed E-state index contributed by atoms with van der Waals surface area (Å²) in [7, 11) is 0. The average molecular weight is 249 g/mol. The number of morpholine rings is 1. The monoisotopic (exact) mass is 249 g/mol. The number of rotatable bonds is 3. The summed E-state index contributed by atoms with van der Waals surface area (Å²) in [4.78, 5) is 2.44. The highest BCUT2D eigenvalue weighted by Crippen LogP contribution is 2.30. The Kier molecular flexibility index (Phi) is 3.67. The minimum Gasteiger partial charge on any atom is -0.486 e. The molecule has 1 aromatic carbocycles. The molecule has 0 aliphatic carbocycles. The Labute approximate surface area is 107 Å². The molecule has 4 heteroatoms. The Balaban J connectivity index is 1.58. The van der Waals surface area contributed by atoms with Crippen molar-refractivity contribution in [3.8, 4) is 11.5 Å². The van der Waals surface area contributed by atoms with Gasteiger partial charge in [0.05, 0.1) is 13.2 Å². The topological polar surface area (TPSA) is 30.9 Å². The Bertz CT molecular complexity index is 402. The molecule has 1 fully saturated rings. The van der Waals surface area contributed by atoms with Crippen LogP contribution in [-0.2, 0) is 11.2 Å². The highest BCUT2D eigenvalue weighted by molar-refractivity contribution is 5.43. The zero-order valence-electron chi connectivity index (χ0n) is 10.6. The van der Waals surface area contributed by atoms with E-state index in [1.54, 1.807) is 0 Å². The molecule has 0 radical (unpaired) electrons. The van der Waals surface area contributed by atoms with Crippen LogP contribution in [0.2, 0.25) is 0 Å². The van der Waals surface area contributed by atoms with Crippen LogP contribution < -0.4 is 9.47 Å². The predicted octanol–water partition coefficient (Wildman–Crippen LogP) is 1.33. The number of nitrogens with zero attached hydrogens (tertiary/aromatic N) is 1. The van der Waals surface area contributed by atoms with E-state index in [9.17, 15) is 0 Å². The van der Waals surface area contributed by atoms with Gasteiger partial charge in [-0.15, -0.1) is 0 Å². The number of hydrogen-bond acceptors (Lipinski definition) is 4. The summed E-state index contributed by atoms with van der Waals surface area (Å²) in [5.74, 6) is 1.76. The molecule has 2 aliphatic rings. The molecule has 0 N–H and O–H groups in total. The van der Waals surface area contributed by atoms with Crippen molar-refractivity contribution in [2.45, 2.75) is 6.42 Å². The van der Waals surface area contributed by atoms with E-state index in [1.165, 1.54) is 5.56 Å². The predicted molar refractivity (Wildman–Crippen MR) is 68.4 cm³/mol. The fraction of sp³-hybridized carbons (Fsp3) is 0.571. The second kappa shape index (κ2) is 5.59. The van der Waals surface area contributed by atoms with Gasteiger partial charge in [0.2, 0.25) is 0 Å². The highest BCUT2D eigenvalue weighted by atomic mass is 16.6. The van der Waals surface area contributed by atoms with Crippen molar-refractivity contribution >= 4 is 0 Å². The minimum absolute atomic E-state index is 0.653. The normalized spacial score (nSPS) is 19.8. The maximum absolute atomic E-state index is 5.60. The van der Waals surface area contributed by atoms with Crippen molar-refractivity contribution in [1.82, 2.24) is 4.90 Å². The first-order chi connectivity index (χ1) is 8.92. The molecule has 0 unspecified atom stereocenters. The fourth-order valence-corrected chi connectivity index (χ4v) is 2.36. The second-order valence-electron chi connectivity index (χ2n) is 4.68. The standard InChI is InChI=1S/C14H19NO3/c1-2-13-14(18-10-9-17-13)11-12(1)3-4-15-5-7-16-8-6-15/h1-2,11H,3-10H2. The molecule has 0 atom stereocenters. The van der Waals surface area contributed by atoms with Crippen molar-refractivity contribution in [3.63, 3.8) is 0 Å². The van der Waals surface area contributed by atoms with Gasteiger partial charge in [-0.1, -0.05) is 6.07 Å². The first-order valence-corrected chi connectivity index (χ1v) is 6.60. The molecule has 0 amide bonds. The molecule has 1 saturated heterocycles.